The lowest BCUT2D eigenvalue weighted by molar-refractivity contribution is 0.390. The molecule has 0 saturated heterocycles. The second-order valence-corrected chi connectivity index (χ2v) is 4.03. The lowest BCUT2D eigenvalue weighted by Crippen LogP contribution is -2.32. The summed E-state index contributed by atoms with van der Waals surface area (Å²) in [4.78, 5) is 4.25. The van der Waals surface area contributed by atoms with E-state index >= 15 is 0 Å². The van der Waals surface area contributed by atoms with Crippen molar-refractivity contribution in [1.29, 1.82) is 0 Å². The molecule has 0 atom stereocenters. The summed E-state index contributed by atoms with van der Waals surface area (Å²) >= 11 is 0. The van der Waals surface area contributed by atoms with Gasteiger partial charge in [-0.25, -0.2) is 4.99 Å². The fourth-order valence-corrected chi connectivity index (χ4v) is 1.38. The number of guanidine groups is 1. The molecular weight excluding hydrogens is 216 g/mol. The first-order valence-electron chi connectivity index (χ1n) is 5.66. The maximum Gasteiger partial charge on any atom is 0.189 e. The van der Waals surface area contributed by atoms with Crippen LogP contribution in [0.25, 0.3) is 0 Å². The molecule has 0 aliphatic heterocycles. The Kier molecular flexibility index (Phi) is 4.75. The zero-order valence-electron chi connectivity index (χ0n) is 10.7. The Balaban J connectivity index is 2.62. The van der Waals surface area contributed by atoms with Gasteiger partial charge in [0.2, 0.25) is 0 Å². The van der Waals surface area contributed by atoms with E-state index < -0.39 is 0 Å². The van der Waals surface area contributed by atoms with Crippen LogP contribution in [-0.4, -0.2) is 17.7 Å². The molecule has 3 N–H and O–H groups in total. The molecule has 0 aliphatic carbocycles. The number of hydrogen-bond acceptors (Lipinski definition) is 3. The van der Waals surface area contributed by atoms with Crippen molar-refractivity contribution in [2.45, 2.75) is 33.7 Å². The Hall–Kier alpha value is -1.78. The molecule has 1 rings (SSSR count). The Bertz CT molecular complexity index is 420. The van der Waals surface area contributed by atoms with Gasteiger partial charge in [0, 0.05) is 12.1 Å². The van der Waals surface area contributed by atoms with Crippen LogP contribution < -0.4 is 11.1 Å². The third-order valence-corrected chi connectivity index (χ3v) is 2.38. The number of nitrogens with zero attached hydrogens (tertiary/aromatic N) is 2. The van der Waals surface area contributed by atoms with Crippen molar-refractivity contribution in [3.05, 3.63) is 29.2 Å². The lowest BCUT2D eigenvalue weighted by atomic mass is 10.1. The van der Waals surface area contributed by atoms with E-state index in [0.717, 1.165) is 29.0 Å². The second-order valence-electron chi connectivity index (χ2n) is 4.03. The minimum absolute atomic E-state index is 0.413. The van der Waals surface area contributed by atoms with Crippen LogP contribution in [0.15, 0.2) is 21.7 Å². The van der Waals surface area contributed by atoms with Gasteiger partial charge < -0.3 is 15.6 Å². The molecule has 0 radical (unpaired) electrons. The molecule has 0 unspecified atom stereocenters. The maximum atomic E-state index is 5.73. The van der Waals surface area contributed by atoms with Crippen molar-refractivity contribution < 1.29 is 4.52 Å². The smallest absolute Gasteiger partial charge is 0.189 e. The predicted octanol–water partition coefficient (Wildman–Crippen LogP) is 1.53. The molecule has 0 amide bonds. The van der Waals surface area contributed by atoms with Gasteiger partial charge in [0.15, 0.2) is 5.96 Å². The second kappa shape index (κ2) is 6.08. The summed E-state index contributed by atoms with van der Waals surface area (Å²) in [7, 11) is 0. The fraction of sp³-hybridized carbons (Fsp3) is 0.500. The molecular formula is C12H20N4O. The largest absolute Gasteiger partial charge is 0.370 e. The molecule has 0 aliphatic rings. The summed E-state index contributed by atoms with van der Waals surface area (Å²) in [5.41, 5.74) is 8.70. The van der Waals surface area contributed by atoms with Gasteiger partial charge in [-0.05, 0) is 20.3 Å². The standard InChI is InChI=1S/C12H20N4O/c1-5-11-10(9(4)17-16-11)7-15-12(13)14-6-8(2)3/h2,5-7H2,1,3-4H3,(H3,13,14,15). The van der Waals surface area contributed by atoms with E-state index in [1.807, 2.05) is 20.8 Å². The van der Waals surface area contributed by atoms with E-state index in [-0.39, 0.29) is 0 Å². The molecule has 1 heterocycles. The minimum atomic E-state index is 0.413. The summed E-state index contributed by atoms with van der Waals surface area (Å²) < 4.78 is 5.12. The molecule has 94 valence electrons. The number of aromatic nitrogens is 1. The number of hydrogen-bond donors (Lipinski definition) is 2. The highest BCUT2D eigenvalue weighted by Crippen LogP contribution is 2.14. The number of nitrogens with two attached hydrogens (primary N) is 1. The molecule has 17 heavy (non-hydrogen) atoms. The molecule has 0 aromatic carbocycles. The number of nitrogens with one attached hydrogen (secondary N) is 1. The van der Waals surface area contributed by atoms with Gasteiger partial charge in [-0.3, -0.25) is 0 Å². The summed E-state index contributed by atoms with van der Waals surface area (Å²) in [6.45, 7) is 10.8. The van der Waals surface area contributed by atoms with E-state index in [0.29, 0.717) is 19.0 Å². The van der Waals surface area contributed by atoms with Crippen LogP contribution in [0.5, 0.6) is 0 Å². The van der Waals surface area contributed by atoms with E-state index in [9.17, 15) is 0 Å². The molecule has 0 saturated carbocycles. The van der Waals surface area contributed by atoms with Gasteiger partial charge >= 0.3 is 0 Å². The topological polar surface area (TPSA) is 76.4 Å². The van der Waals surface area contributed by atoms with Gasteiger partial charge in [0.05, 0.1) is 12.2 Å². The van der Waals surface area contributed by atoms with E-state index in [1.54, 1.807) is 0 Å². The highest BCUT2D eigenvalue weighted by Gasteiger charge is 2.10. The summed E-state index contributed by atoms with van der Waals surface area (Å²) in [6.07, 6.45) is 0.835. The molecule has 1 aromatic heterocycles. The van der Waals surface area contributed by atoms with Crippen molar-refractivity contribution in [3.8, 4) is 0 Å². The molecule has 5 nitrogen and oxygen atoms in total. The summed E-state index contributed by atoms with van der Waals surface area (Å²) in [5, 5.41) is 6.95. The first kappa shape index (κ1) is 13.3. The molecule has 0 fully saturated rings. The fourth-order valence-electron chi connectivity index (χ4n) is 1.38. The van der Waals surface area contributed by atoms with Gasteiger partial charge in [0.25, 0.3) is 0 Å². The van der Waals surface area contributed by atoms with Gasteiger partial charge in [-0.2, -0.15) is 0 Å². The summed E-state index contributed by atoms with van der Waals surface area (Å²) in [5.74, 6) is 1.22. The molecule has 1 aromatic rings. The summed E-state index contributed by atoms with van der Waals surface area (Å²) in [6, 6.07) is 0. The van der Waals surface area contributed by atoms with Crippen molar-refractivity contribution >= 4 is 5.96 Å². The van der Waals surface area contributed by atoms with E-state index in [4.69, 9.17) is 10.3 Å². The minimum Gasteiger partial charge on any atom is -0.370 e. The van der Waals surface area contributed by atoms with Crippen molar-refractivity contribution in [1.82, 2.24) is 10.5 Å². The van der Waals surface area contributed by atoms with Crippen LogP contribution in [0.4, 0.5) is 0 Å². The van der Waals surface area contributed by atoms with Crippen LogP contribution in [0, 0.1) is 6.92 Å². The highest BCUT2D eigenvalue weighted by molar-refractivity contribution is 5.78. The van der Waals surface area contributed by atoms with Crippen LogP contribution in [0.2, 0.25) is 0 Å². The highest BCUT2D eigenvalue weighted by atomic mass is 16.5. The van der Waals surface area contributed by atoms with E-state index in [2.05, 4.69) is 22.0 Å². The maximum absolute atomic E-state index is 5.73. The van der Waals surface area contributed by atoms with Crippen molar-refractivity contribution in [2.24, 2.45) is 10.7 Å². The molecule has 0 spiro atoms. The molecule has 5 heteroatoms. The monoisotopic (exact) mass is 236 g/mol. The number of rotatable bonds is 5. The Morgan fingerprint density at radius 2 is 2.29 bits per heavy atom. The number of aryl methyl sites for hydroxylation is 2. The quantitative estimate of drug-likeness (QED) is 0.462. The van der Waals surface area contributed by atoms with Gasteiger partial charge in [-0.15, -0.1) is 0 Å². The van der Waals surface area contributed by atoms with Crippen molar-refractivity contribution in [3.63, 3.8) is 0 Å². The van der Waals surface area contributed by atoms with E-state index in [1.165, 1.54) is 0 Å². The first-order valence-corrected chi connectivity index (χ1v) is 5.66. The average Bonchev–Trinajstić information content (AvgIpc) is 2.64. The molecule has 0 bridgehead atoms. The SMILES string of the molecule is C=C(C)CNC(N)=NCc1c(CC)noc1C. The Morgan fingerprint density at radius 3 is 2.88 bits per heavy atom. The zero-order chi connectivity index (χ0) is 12.8. The average molecular weight is 236 g/mol. The number of aliphatic imine (C=N–C) groups is 1. The van der Waals surface area contributed by atoms with Crippen LogP contribution >= 0.6 is 0 Å². The Labute approximate surface area is 102 Å². The predicted molar refractivity (Wildman–Crippen MR) is 68.8 cm³/mol. The third kappa shape index (κ3) is 3.94. The third-order valence-electron chi connectivity index (χ3n) is 2.38. The normalized spacial score (nSPS) is 11.6. The lowest BCUT2D eigenvalue weighted by Gasteiger charge is -2.04. The van der Waals surface area contributed by atoms with Crippen LogP contribution in [0.3, 0.4) is 0 Å². The zero-order valence-corrected chi connectivity index (χ0v) is 10.7. The van der Waals surface area contributed by atoms with Crippen LogP contribution in [0.1, 0.15) is 30.9 Å². The van der Waals surface area contributed by atoms with Gasteiger partial charge in [-0.1, -0.05) is 24.2 Å². The van der Waals surface area contributed by atoms with Crippen molar-refractivity contribution in [2.75, 3.05) is 6.54 Å². The first-order chi connectivity index (χ1) is 8.04. The van der Waals surface area contributed by atoms with Gasteiger partial charge in [0.1, 0.15) is 5.76 Å². The Morgan fingerprint density at radius 1 is 1.59 bits per heavy atom. The van der Waals surface area contributed by atoms with Crippen LogP contribution in [-0.2, 0) is 13.0 Å².